The van der Waals surface area contributed by atoms with Crippen LogP contribution in [0.2, 0.25) is 0 Å². The van der Waals surface area contributed by atoms with Gasteiger partial charge in [-0.1, -0.05) is 18.2 Å². The van der Waals surface area contributed by atoms with Crippen molar-refractivity contribution in [2.45, 2.75) is 6.10 Å². The Kier molecular flexibility index (Phi) is 4.35. The highest BCUT2D eigenvalue weighted by molar-refractivity contribution is 5.82. The number of aliphatic carboxylic acids is 1. The number of amides is 1. The van der Waals surface area contributed by atoms with Crippen LogP contribution in [0.4, 0.5) is 5.69 Å². The van der Waals surface area contributed by atoms with E-state index in [1.807, 2.05) is 30.3 Å². The summed E-state index contributed by atoms with van der Waals surface area (Å²) in [5, 5.41) is 11.9. The van der Waals surface area contributed by atoms with E-state index >= 15 is 0 Å². The lowest BCUT2D eigenvalue weighted by Crippen LogP contribution is -2.50. The molecule has 0 spiro atoms. The zero-order chi connectivity index (χ0) is 13.7. The average Bonchev–Trinajstić information content (AvgIpc) is 2.46. The third-order valence-corrected chi connectivity index (χ3v) is 2.91. The summed E-state index contributed by atoms with van der Waals surface area (Å²) in [5.41, 5.74) is 0.860. The summed E-state index contributed by atoms with van der Waals surface area (Å²) < 4.78 is 5.07. The first kappa shape index (κ1) is 13.4. The molecule has 6 heteroatoms. The first-order chi connectivity index (χ1) is 9.16. The van der Waals surface area contributed by atoms with E-state index in [1.54, 1.807) is 0 Å². The third kappa shape index (κ3) is 3.69. The maximum atomic E-state index is 12.0. The van der Waals surface area contributed by atoms with Gasteiger partial charge >= 0.3 is 5.97 Å². The van der Waals surface area contributed by atoms with E-state index in [0.717, 1.165) is 5.69 Å². The van der Waals surface area contributed by atoms with Gasteiger partial charge in [-0.15, -0.1) is 0 Å². The minimum absolute atomic E-state index is 0.102. The van der Waals surface area contributed by atoms with Gasteiger partial charge in [0.05, 0.1) is 19.7 Å². The minimum Gasteiger partial charge on any atom is -0.479 e. The van der Waals surface area contributed by atoms with Crippen molar-refractivity contribution in [2.24, 2.45) is 0 Å². The Morgan fingerprint density at radius 2 is 2.11 bits per heavy atom. The standard InChI is InChI=1S/C13H16N2O4/c16-12(8-14-10-4-2-1-3-5-10)15-6-7-19-11(9-15)13(17)18/h1-5,11,14H,6-9H2,(H,17,18). The summed E-state index contributed by atoms with van der Waals surface area (Å²) in [6, 6.07) is 9.38. The summed E-state index contributed by atoms with van der Waals surface area (Å²) >= 11 is 0. The van der Waals surface area contributed by atoms with Gasteiger partial charge in [-0.2, -0.15) is 0 Å². The predicted octanol–water partition coefficient (Wildman–Crippen LogP) is 0.410. The maximum absolute atomic E-state index is 12.0. The number of carbonyl (C=O) groups excluding carboxylic acids is 1. The van der Waals surface area contributed by atoms with Gasteiger partial charge in [-0.05, 0) is 12.1 Å². The fourth-order valence-corrected chi connectivity index (χ4v) is 1.87. The molecule has 1 unspecified atom stereocenters. The summed E-state index contributed by atoms with van der Waals surface area (Å²) in [7, 11) is 0. The van der Waals surface area contributed by atoms with E-state index in [4.69, 9.17) is 9.84 Å². The number of carbonyl (C=O) groups is 2. The summed E-state index contributed by atoms with van der Waals surface area (Å²) in [5.74, 6) is -1.16. The highest BCUT2D eigenvalue weighted by Gasteiger charge is 2.28. The highest BCUT2D eigenvalue weighted by atomic mass is 16.5. The Morgan fingerprint density at radius 1 is 1.37 bits per heavy atom. The number of hydrogen-bond acceptors (Lipinski definition) is 4. The molecule has 1 aliphatic heterocycles. The van der Waals surface area contributed by atoms with Crippen LogP contribution in [-0.4, -0.2) is 54.2 Å². The number of carboxylic acid groups (broad SMARTS) is 1. The molecule has 1 aromatic rings. The third-order valence-electron chi connectivity index (χ3n) is 2.91. The fraction of sp³-hybridized carbons (Fsp3) is 0.385. The SMILES string of the molecule is O=C(O)C1CN(C(=O)CNc2ccccc2)CCO1. The predicted molar refractivity (Wildman–Crippen MR) is 68.9 cm³/mol. The highest BCUT2D eigenvalue weighted by Crippen LogP contribution is 2.08. The van der Waals surface area contributed by atoms with E-state index < -0.39 is 12.1 Å². The Morgan fingerprint density at radius 3 is 2.79 bits per heavy atom. The molecule has 1 aliphatic rings. The van der Waals surface area contributed by atoms with Crippen molar-refractivity contribution in [1.29, 1.82) is 0 Å². The number of para-hydroxylation sites is 1. The molecule has 6 nitrogen and oxygen atoms in total. The van der Waals surface area contributed by atoms with Crippen molar-refractivity contribution < 1.29 is 19.4 Å². The van der Waals surface area contributed by atoms with Crippen LogP contribution in [0.5, 0.6) is 0 Å². The van der Waals surface area contributed by atoms with Crippen LogP contribution in [0.3, 0.4) is 0 Å². The quantitative estimate of drug-likeness (QED) is 0.823. The Hall–Kier alpha value is -2.08. The summed E-state index contributed by atoms with van der Waals surface area (Å²) in [6.45, 7) is 0.939. The van der Waals surface area contributed by atoms with Crippen LogP contribution in [0.15, 0.2) is 30.3 Å². The second-order valence-corrected chi connectivity index (χ2v) is 4.26. The van der Waals surface area contributed by atoms with Gasteiger partial charge in [0.2, 0.25) is 5.91 Å². The molecule has 2 N–H and O–H groups in total. The van der Waals surface area contributed by atoms with Crippen molar-refractivity contribution in [1.82, 2.24) is 4.90 Å². The second kappa shape index (κ2) is 6.19. The molecule has 1 atom stereocenters. The molecule has 0 radical (unpaired) electrons. The van der Waals surface area contributed by atoms with Crippen LogP contribution in [0, 0.1) is 0 Å². The number of ether oxygens (including phenoxy) is 1. The largest absolute Gasteiger partial charge is 0.479 e. The van der Waals surface area contributed by atoms with Gasteiger partial charge in [0.1, 0.15) is 0 Å². The second-order valence-electron chi connectivity index (χ2n) is 4.26. The van der Waals surface area contributed by atoms with Crippen LogP contribution in [-0.2, 0) is 14.3 Å². The van der Waals surface area contributed by atoms with Gasteiger partial charge in [-0.3, -0.25) is 4.79 Å². The number of nitrogens with one attached hydrogen (secondary N) is 1. The summed E-state index contributed by atoms with van der Waals surface area (Å²) in [6.07, 6.45) is -0.922. The molecule has 0 aromatic heterocycles. The van der Waals surface area contributed by atoms with E-state index in [1.165, 1.54) is 4.90 Å². The number of hydrogen-bond donors (Lipinski definition) is 2. The molecule has 102 valence electrons. The molecule has 1 saturated heterocycles. The molecule has 1 fully saturated rings. The minimum atomic E-state index is -1.03. The molecule has 1 amide bonds. The first-order valence-electron chi connectivity index (χ1n) is 6.08. The van der Waals surface area contributed by atoms with E-state index in [0.29, 0.717) is 6.54 Å². The van der Waals surface area contributed by atoms with Crippen LogP contribution in [0.25, 0.3) is 0 Å². The number of benzene rings is 1. The van der Waals surface area contributed by atoms with Crippen molar-refractivity contribution in [3.63, 3.8) is 0 Å². The van der Waals surface area contributed by atoms with E-state index in [2.05, 4.69) is 5.32 Å². The van der Waals surface area contributed by atoms with Gasteiger partial charge in [0.15, 0.2) is 6.10 Å². The molecule has 0 aliphatic carbocycles. The lowest BCUT2D eigenvalue weighted by Gasteiger charge is -2.31. The lowest BCUT2D eigenvalue weighted by molar-refractivity contribution is -0.158. The number of carboxylic acids is 1. The zero-order valence-electron chi connectivity index (χ0n) is 10.4. The topological polar surface area (TPSA) is 78.9 Å². The molecule has 1 heterocycles. The van der Waals surface area contributed by atoms with Crippen molar-refractivity contribution in [2.75, 3.05) is 31.6 Å². The molecule has 2 rings (SSSR count). The number of rotatable bonds is 4. The van der Waals surface area contributed by atoms with Crippen LogP contribution < -0.4 is 5.32 Å². The van der Waals surface area contributed by atoms with Crippen molar-refractivity contribution in [3.8, 4) is 0 Å². The first-order valence-corrected chi connectivity index (χ1v) is 6.08. The number of anilines is 1. The number of nitrogens with zero attached hydrogens (tertiary/aromatic N) is 1. The van der Waals surface area contributed by atoms with Crippen molar-refractivity contribution in [3.05, 3.63) is 30.3 Å². The molecular formula is C13H16N2O4. The maximum Gasteiger partial charge on any atom is 0.334 e. The van der Waals surface area contributed by atoms with Crippen LogP contribution in [0.1, 0.15) is 0 Å². The van der Waals surface area contributed by atoms with Crippen LogP contribution >= 0.6 is 0 Å². The molecular weight excluding hydrogens is 248 g/mol. The average molecular weight is 264 g/mol. The lowest BCUT2D eigenvalue weighted by atomic mass is 10.2. The van der Waals surface area contributed by atoms with Gasteiger partial charge < -0.3 is 20.1 Å². The number of morpholine rings is 1. The normalized spacial score (nSPS) is 18.9. The monoisotopic (exact) mass is 264 g/mol. The van der Waals surface area contributed by atoms with E-state index in [-0.39, 0.29) is 25.6 Å². The Balaban J connectivity index is 1.84. The molecule has 0 bridgehead atoms. The van der Waals surface area contributed by atoms with Crippen molar-refractivity contribution >= 4 is 17.6 Å². The van der Waals surface area contributed by atoms with Gasteiger partial charge in [-0.25, -0.2) is 4.79 Å². The fourth-order valence-electron chi connectivity index (χ4n) is 1.87. The Bertz CT molecular complexity index is 449. The molecule has 1 aromatic carbocycles. The summed E-state index contributed by atoms with van der Waals surface area (Å²) in [4.78, 5) is 24.3. The zero-order valence-corrected chi connectivity index (χ0v) is 10.4. The molecule has 0 saturated carbocycles. The van der Waals surface area contributed by atoms with Gasteiger partial charge in [0.25, 0.3) is 0 Å². The van der Waals surface area contributed by atoms with E-state index in [9.17, 15) is 9.59 Å². The smallest absolute Gasteiger partial charge is 0.334 e. The Labute approximate surface area is 111 Å². The molecule has 19 heavy (non-hydrogen) atoms. The van der Waals surface area contributed by atoms with Gasteiger partial charge in [0, 0.05) is 12.2 Å².